The van der Waals surface area contributed by atoms with Gasteiger partial charge in [0, 0.05) is 0 Å². The van der Waals surface area contributed by atoms with E-state index in [-0.39, 0.29) is 0 Å². The molecule has 2 aliphatic rings. The molecule has 2 aromatic rings. The fourth-order valence-corrected chi connectivity index (χ4v) is 6.88. The average Bonchev–Trinajstić information content (AvgIpc) is 2.84. The Balaban J connectivity index is 1.39. The Hall–Kier alpha value is -1.89. The SMILES string of the molecule is C=CCCC1(C2CCC(/C=C/C)CC2)CCC(CC(F)c2cccc3ccccc23)CC1. The number of hydrogen-bond acceptors (Lipinski definition) is 0. The third kappa shape index (κ3) is 5.19. The Bertz CT molecular complexity index is 888. The van der Waals surface area contributed by atoms with Crippen LogP contribution in [0.25, 0.3) is 10.8 Å². The molecule has 172 valence electrons. The van der Waals surface area contributed by atoms with Gasteiger partial charge in [-0.15, -0.1) is 6.58 Å². The zero-order valence-electron chi connectivity index (χ0n) is 19.9. The molecular weight excluding hydrogens is 391 g/mol. The Morgan fingerprint density at radius 2 is 1.72 bits per heavy atom. The van der Waals surface area contributed by atoms with Crippen molar-refractivity contribution in [1.29, 1.82) is 0 Å². The van der Waals surface area contributed by atoms with E-state index in [1.165, 1.54) is 57.8 Å². The Labute approximate surface area is 195 Å². The molecule has 2 aliphatic carbocycles. The largest absolute Gasteiger partial charge is 0.242 e. The number of rotatable bonds is 8. The summed E-state index contributed by atoms with van der Waals surface area (Å²) in [4.78, 5) is 0. The van der Waals surface area contributed by atoms with Crippen molar-refractivity contribution in [2.75, 3.05) is 0 Å². The van der Waals surface area contributed by atoms with Crippen molar-refractivity contribution in [2.45, 2.75) is 83.7 Å². The highest BCUT2D eigenvalue weighted by Gasteiger charge is 2.42. The van der Waals surface area contributed by atoms with E-state index in [9.17, 15) is 0 Å². The van der Waals surface area contributed by atoms with Crippen LogP contribution < -0.4 is 0 Å². The number of fused-ring (bicyclic) bond motifs is 1. The molecule has 1 heteroatoms. The highest BCUT2D eigenvalue weighted by atomic mass is 19.1. The first-order valence-corrected chi connectivity index (χ1v) is 13.0. The summed E-state index contributed by atoms with van der Waals surface area (Å²) in [6.07, 6.45) is 19.4. The van der Waals surface area contributed by atoms with Gasteiger partial charge in [-0.3, -0.25) is 0 Å². The molecule has 0 N–H and O–H groups in total. The molecule has 32 heavy (non-hydrogen) atoms. The standard InChI is InChI=1S/C31H41F/c1-3-5-20-31(27-16-14-24(9-4-2)15-17-27)21-18-25(19-22-31)23-30(32)29-13-8-11-26-10-6-7-12-28(26)29/h3-4,6-13,24-25,27,30H,1,5,14-23H2,2H3/b9-4+. The van der Waals surface area contributed by atoms with Crippen molar-refractivity contribution in [3.05, 3.63) is 72.8 Å². The number of hydrogen-bond donors (Lipinski definition) is 0. The summed E-state index contributed by atoms with van der Waals surface area (Å²) in [6.45, 7) is 6.16. The fourth-order valence-electron chi connectivity index (χ4n) is 6.88. The normalized spacial score (nSPS) is 29.9. The lowest BCUT2D eigenvalue weighted by molar-refractivity contribution is 0.0291. The smallest absolute Gasteiger partial charge is 0.126 e. The van der Waals surface area contributed by atoms with Gasteiger partial charge in [-0.2, -0.15) is 0 Å². The van der Waals surface area contributed by atoms with E-state index in [0.29, 0.717) is 17.8 Å². The zero-order chi connectivity index (χ0) is 22.4. The molecule has 0 heterocycles. The first-order valence-electron chi connectivity index (χ1n) is 13.0. The molecular formula is C31H41F. The molecule has 2 fully saturated rings. The molecule has 2 saturated carbocycles. The molecule has 0 radical (unpaired) electrons. The van der Waals surface area contributed by atoms with E-state index in [0.717, 1.165) is 34.6 Å². The molecule has 4 rings (SSSR count). The van der Waals surface area contributed by atoms with Crippen molar-refractivity contribution < 1.29 is 4.39 Å². The molecule has 0 saturated heterocycles. The summed E-state index contributed by atoms with van der Waals surface area (Å²) in [5.74, 6) is 2.15. The summed E-state index contributed by atoms with van der Waals surface area (Å²) in [7, 11) is 0. The van der Waals surface area contributed by atoms with E-state index in [2.05, 4.69) is 49.9 Å². The maximum atomic E-state index is 15.5. The van der Waals surface area contributed by atoms with Gasteiger partial charge >= 0.3 is 0 Å². The van der Waals surface area contributed by atoms with Gasteiger partial charge in [0.2, 0.25) is 0 Å². The van der Waals surface area contributed by atoms with Crippen molar-refractivity contribution in [2.24, 2.45) is 23.2 Å². The minimum Gasteiger partial charge on any atom is -0.242 e. The lowest BCUT2D eigenvalue weighted by Gasteiger charge is -2.48. The Kier molecular flexibility index (Phi) is 7.87. The minimum atomic E-state index is -0.858. The van der Waals surface area contributed by atoms with Crippen LogP contribution in [0.5, 0.6) is 0 Å². The molecule has 1 atom stereocenters. The summed E-state index contributed by atoms with van der Waals surface area (Å²) < 4.78 is 15.5. The highest BCUT2D eigenvalue weighted by Crippen LogP contribution is 2.54. The van der Waals surface area contributed by atoms with Gasteiger partial charge in [0.15, 0.2) is 0 Å². The second-order valence-corrected chi connectivity index (χ2v) is 10.5. The molecule has 0 aromatic heterocycles. The molecule has 0 nitrogen and oxygen atoms in total. The first-order chi connectivity index (χ1) is 15.6. The number of alkyl halides is 1. The Morgan fingerprint density at radius 1 is 1.00 bits per heavy atom. The van der Waals surface area contributed by atoms with Crippen LogP contribution in [0.4, 0.5) is 4.39 Å². The van der Waals surface area contributed by atoms with Gasteiger partial charge in [0.1, 0.15) is 6.17 Å². The summed E-state index contributed by atoms with van der Waals surface area (Å²) in [5, 5.41) is 2.23. The second-order valence-electron chi connectivity index (χ2n) is 10.5. The topological polar surface area (TPSA) is 0 Å². The second kappa shape index (κ2) is 10.8. The van der Waals surface area contributed by atoms with E-state index >= 15 is 4.39 Å². The maximum absolute atomic E-state index is 15.5. The molecule has 1 unspecified atom stereocenters. The molecule has 0 bridgehead atoms. The number of benzene rings is 2. The van der Waals surface area contributed by atoms with Crippen LogP contribution in [0, 0.1) is 23.2 Å². The quantitative estimate of drug-likeness (QED) is 0.364. The monoisotopic (exact) mass is 432 g/mol. The predicted octanol–water partition coefficient (Wildman–Crippen LogP) is 9.77. The van der Waals surface area contributed by atoms with Crippen LogP contribution in [-0.2, 0) is 0 Å². The minimum absolute atomic E-state index is 0.469. The van der Waals surface area contributed by atoms with Gasteiger partial charge in [-0.1, -0.05) is 60.7 Å². The van der Waals surface area contributed by atoms with Crippen LogP contribution in [0.3, 0.4) is 0 Å². The molecule has 2 aromatic carbocycles. The summed E-state index contributed by atoms with van der Waals surface area (Å²) in [6, 6.07) is 14.3. The first kappa shape index (κ1) is 23.3. The summed E-state index contributed by atoms with van der Waals surface area (Å²) >= 11 is 0. The zero-order valence-corrected chi connectivity index (χ0v) is 19.9. The molecule has 0 aliphatic heterocycles. The van der Waals surface area contributed by atoms with E-state index < -0.39 is 6.17 Å². The van der Waals surface area contributed by atoms with E-state index in [1.54, 1.807) is 0 Å². The average molecular weight is 433 g/mol. The van der Waals surface area contributed by atoms with Crippen molar-refractivity contribution in [1.82, 2.24) is 0 Å². The third-order valence-corrected chi connectivity index (χ3v) is 8.75. The van der Waals surface area contributed by atoms with Crippen LogP contribution in [0.15, 0.2) is 67.3 Å². The van der Waals surface area contributed by atoms with Gasteiger partial charge in [-0.05, 0) is 117 Å². The van der Waals surface area contributed by atoms with Crippen LogP contribution in [0.2, 0.25) is 0 Å². The molecule has 0 amide bonds. The summed E-state index contributed by atoms with van der Waals surface area (Å²) in [5.41, 5.74) is 1.35. The van der Waals surface area contributed by atoms with Crippen molar-refractivity contribution in [3.8, 4) is 0 Å². The maximum Gasteiger partial charge on any atom is 0.126 e. The lowest BCUT2D eigenvalue weighted by atomic mass is 9.57. The Morgan fingerprint density at radius 3 is 2.44 bits per heavy atom. The molecule has 0 spiro atoms. The number of halogens is 1. The van der Waals surface area contributed by atoms with Gasteiger partial charge in [0.05, 0.1) is 0 Å². The van der Waals surface area contributed by atoms with Gasteiger partial charge in [0.25, 0.3) is 0 Å². The van der Waals surface area contributed by atoms with Crippen LogP contribution >= 0.6 is 0 Å². The van der Waals surface area contributed by atoms with Crippen molar-refractivity contribution in [3.63, 3.8) is 0 Å². The fraction of sp³-hybridized carbons (Fsp3) is 0.548. The van der Waals surface area contributed by atoms with Crippen molar-refractivity contribution >= 4 is 10.8 Å². The van der Waals surface area contributed by atoms with Gasteiger partial charge in [-0.25, -0.2) is 4.39 Å². The van der Waals surface area contributed by atoms with E-state index in [4.69, 9.17) is 0 Å². The van der Waals surface area contributed by atoms with E-state index in [1.807, 2.05) is 24.3 Å². The number of allylic oxidation sites excluding steroid dienone is 3. The van der Waals surface area contributed by atoms with Crippen LogP contribution in [0.1, 0.15) is 89.3 Å². The third-order valence-electron chi connectivity index (χ3n) is 8.75. The highest BCUT2D eigenvalue weighted by molar-refractivity contribution is 5.85. The van der Waals surface area contributed by atoms with Crippen LogP contribution in [-0.4, -0.2) is 0 Å². The lowest BCUT2D eigenvalue weighted by Crippen LogP contribution is -2.37. The van der Waals surface area contributed by atoms with Gasteiger partial charge < -0.3 is 0 Å². The predicted molar refractivity (Wildman–Crippen MR) is 136 cm³/mol.